The van der Waals surface area contributed by atoms with Gasteiger partial charge in [-0.05, 0) is 0 Å². The number of rotatable bonds is 1. The molecular weight excluding hydrogens is 163 g/mol. The third-order valence-corrected chi connectivity index (χ3v) is 1.08. The molecule has 0 saturated carbocycles. The molecule has 1 rings (SSSR count). The summed E-state index contributed by atoms with van der Waals surface area (Å²) in [7, 11) is 0. The zero-order valence-corrected chi connectivity index (χ0v) is 8.16. The van der Waals surface area contributed by atoms with E-state index in [1.54, 1.807) is 0 Å². The number of nitrogens with zero attached hydrogens (tertiary/aromatic N) is 1. The van der Waals surface area contributed by atoms with Gasteiger partial charge in [0.1, 0.15) is 0 Å². The molecule has 0 aliphatic carbocycles. The van der Waals surface area contributed by atoms with E-state index in [1.807, 2.05) is 0 Å². The number of carbonyl (C=O) groups excluding carboxylic acids is 1. The van der Waals surface area contributed by atoms with Crippen molar-refractivity contribution in [1.82, 2.24) is 15.4 Å². The predicted octanol–water partition coefficient (Wildman–Crippen LogP) is -3.43. The Balaban J connectivity index is 0.000000810. The van der Waals surface area contributed by atoms with Gasteiger partial charge in [0.25, 0.3) is 5.91 Å². The maximum absolute atomic E-state index is 10.3. The molecule has 48 valence electrons. The number of carbonyl (C=O) groups is 1. The Labute approximate surface area is 83.7 Å². The van der Waals surface area contributed by atoms with Crippen molar-refractivity contribution < 1.29 is 34.4 Å². The topological polar surface area (TPSA) is 87.6 Å². The molecule has 0 atom stereocenters. The van der Waals surface area contributed by atoms with Gasteiger partial charge in [-0.3, -0.25) is 9.89 Å². The van der Waals surface area contributed by atoms with Gasteiger partial charge in [0.05, 0.1) is 0 Å². The number of nitrogens with one attached hydrogen (secondary N) is 2. The first-order chi connectivity index (χ1) is 4.22. The van der Waals surface area contributed by atoms with Crippen LogP contribution in [0.5, 0.6) is 0 Å². The van der Waals surface area contributed by atoms with Gasteiger partial charge in [-0.1, -0.05) is 12.2 Å². The molecule has 0 saturated heterocycles. The summed E-state index contributed by atoms with van der Waals surface area (Å²) < 4.78 is 0.238. The molecule has 1 aromatic rings. The maximum atomic E-state index is 10.3. The van der Waals surface area contributed by atoms with Crippen molar-refractivity contribution in [3.8, 4) is 0 Å². The van der Waals surface area contributed by atoms with Crippen molar-refractivity contribution in [3.63, 3.8) is 0 Å². The molecule has 1 heterocycles. The molecule has 5 nitrogen and oxygen atoms in total. The van der Waals surface area contributed by atoms with E-state index < -0.39 is 5.91 Å². The van der Waals surface area contributed by atoms with Crippen molar-refractivity contribution in [1.29, 1.82) is 0 Å². The molecule has 0 radical (unpaired) electrons. The van der Waals surface area contributed by atoms with Crippen LogP contribution in [0.2, 0.25) is 0 Å². The van der Waals surface area contributed by atoms with E-state index in [-0.39, 0.29) is 39.9 Å². The van der Waals surface area contributed by atoms with E-state index in [2.05, 4.69) is 27.6 Å². The minimum atomic E-state index is -0.627. The van der Waals surface area contributed by atoms with Crippen LogP contribution in [0.4, 0.5) is 0 Å². The normalized spacial score (nSPS) is 8.40. The smallest absolute Gasteiger partial charge is 0.364 e. The second kappa shape index (κ2) is 3.87. The fourth-order valence-corrected chi connectivity index (χ4v) is 0.603. The predicted molar refractivity (Wildman–Crippen MR) is 32.3 cm³/mol. The first kappa shape index (κ1) is 9.83. The molecule has 0 unspecified atom stereocenters. The average Bonchev–Trinajstić information content (AvgIpc) is 2.13. The summed E-state index contributed by atoms with van der Waals surface area (Å²) >= 11 is 4.61. The number of H-pyrrole nitrogens is 2. The van der Waals surface area contributed by atoms with Gasteiger partial charge in [-0.15, -0.1) is 0 Å². The number of primary amides is 1. The third-order valence-electron chi connectivity index (χ3n) is 0.786. The standard InChI is InChI=1S/C3H4N4OS.Na/c4-2(8)1-3(9)6-7-5-1;/h(H2,4,8)(H2,5,6,7,9);/q;+1. The molecular formula is C3H4N4NaOS+. The van der Waals surface area contributed by atoms with Crippen molar-refractivity contribution in [3.05, 3.63) is 10.3 Å². The third kappa shape index (κ3) is 1.91. The summed E-state index contributed by atoms with van der Waals surface area (Å²) in [5, 5.41) is 8.18. The number of hydrogen-bond donors (Lipinski definition) is 3. The Kier molecular flexibility index (Phi) is 3.80. The maximum Gasteiger partial charge on any atom is 1.00 e. The summed E-state index contributed by atoms with van der Waals surface area (Å²) in [5.74, 6) is -0.627. The molecule has 0 fully saturated rings. The SMILES string of the molecule is NC(=O)c1n[nH][nH]c1=S.[Na+]. The molecule has 10 heavy (non-hydrogen) atoms. The summed E-state index contributed by atoms with van der Waals surface area (Å²) in [6.07, 6.45) is 0. The van der Waals surface area contributed by atoms with Gasteiger partial charge in [0, 0.05) is 0 Å². The summed E-state index contributed by atoms with van der Waals surface area (Å²) in [5.41, 5.74) is 4.92. The Morgan fingerprint density at radius 2 is 2.30 bits per heavy atom. The summed E-state index contributed by atoms with van der Waals surface area (Å²) in [4.78, 5) is 10.3. The zero-order chi connectivity index (χ0) is 6.85. The van der Waals surface area contributed by atoms with Crippen LogP contribution in [0.25, 0.3) is 0 Å². The van der Waals surface area contributed by atoms with Gasteiger partial charge in [0.15, 0.2) is 10.3 Å². The van der Waals surface area contributed by atoms with E-state index in [0.29, 0.717) is 0 Å². The quantitative estimate of drug-likeness (QED) is 0.300. The van der Waals surface area contributed by atoms with Crippen LogP contribution >= 0.6 is 12.2 Å². The van der Waals surface area contributed by atoms with Gasteiger partial charge in [-0.2, -0.15) is 5.10 Å². The molecule has 7 heteroatoms. The van der Waals surface area contributed by atoms with Crippen molar-refractivity contribution in [2.24, 2.45) is 5.73 Å². The summed E-state index contributed by atoms with van der Waals surface area (Å²) in [6.45, 7) is 0. The molecule has 1 aromatic heterocycles. The largest absolute Gasteiger partial charge is 1.00 e. The van der Waals surface area contributed by atoms with Gasteiger partial charge in [0.2, 0.25) is 0 Å². The van der Waals surface area contributed by atoms with Crippen LogP contribution in [0.15, 0.2) is 0 Å². The van der Waals surface area contributed by atoms with E-state index >= 15 is 0 Å². The van der Waals surface area contributed by atoms with Crippen molar-refractivity contribution in [2.75, 3.05) is 0 Å². The average molecular weight is 167 g/mol. The van der Waals surface area contributed by atoms with Crippen LogP contribution < -0.4 is 35.3 Å². The van der Waals surface area contributed by atoms with Crippen LogP contribution in [-0.2, 0) is 0 Å². The monoisotopic (exact) mass is 167 g/mol. The first-order valence-corrected chi connectivity index (χ1v) is 2.55. The van der Waals surface area contributed by atoms with E-state index in [0.717, 1.165) is 0 Å². The number of hydrogen-bond acceptors (Lipinski definition) is 3. The Morgan fingerprint density at radius 3 is 2.50 bits per heavy atom. The Hall–Kier alpha value is -0.170. The fourth-order valence-electron chi connectivity index (χ4n) is 0.412. The molecule has 4 N–H and O–H groups in total. The molecule has 0 aliphatic rings. The number of aromatic amines is 2. The fraction of sp³-hybridized carbons (Fsp3) is 0. The van der Waals surface area contributed by atoms with Crippen LogP contribution in [0.1, 0.15) is 10.5 Å². The van der Waals surface area contributed by atoms with E-state index in [1.165, 1.54) is 0 Å². The number of nitrogens with two attached hydrogens (primary N) is 1. The van der Waals surface area contributed by atoms with Crippen molar-refractivity contribution in [2.45, 2.75) is 0 Å². The zero-order valence-electron chi connectivity index (χ0n) is 5.34. The molecule has 1 amide bonds. The van der Waals surface area contributed by atoms with E-state index in [4.69, 9.17) is 5.73 Å². The van der Waals surface area contributed by atoms with Gasteiger partial charge < -0.3 is 5.73 Å². The van der Waals surface area contributed by atoms with Gasteiger partial charge in [-0.25, -0.2) is 5.21 Å². The minimum absolute atomic E-state index is 0. The van der Waals surface area contributed by atoms with Crippen LogP contribution in [-0.4, -0.2) is 21.3 Å². The number of aromatic nitrogens is 3. The first-order valence-electron chi connectivity index (χ1n) is 2.14. The number of amides is 1. The van der Waals surface area contributed by atoms with E-state index in [9.17, 15) is 4.79 Å². The van der Waals surface area contributed by atoms with Crippen LogP contribution in [0, 0.1) is 4.64 Å². The van der Waals surface area contributed by atoms with Crippen LogP contribution in [0.3, 0.4) is 0 Å². The molecule has 0 aromatic carbocycles. The minimum Gasteiger partial charge on any atom is -0.364 e. The molecule has 0 bridgehead atoms. The second-order valence-corrected chi connectivity index (χ2v) is 1.80. The second-order valence-electron chi connectivity index (χ2n) is 1.39. The van der Waals surface area contributed by atoms with Crippen molar-refractivity contribution >= 4 is 18.1 Å². The Morgan fingerprint density at radius 1 is 1.70 bits per heavy atom. The van der Waals surface area contributed by atoms with Gasteiger partial charge >= 0.3 is 29.6 Å². The summed E-state index contributed by atoms with van der Waals surface area (Å²) in [6, 6.07) is 0. The Bertz CT molecular complexity index is 278. The molecule has 0 aliphatic heterocycles. The molecule has 0 spiro atoms.